The number of aromatic nitrogens is 1. The van der Waals surface area contributed by atoms with Gasteiger partial charge in [-0.25, -0.2) is 0 Å². The van der Waals surface area contributed by atoms with Crippen molar-refractivity contribution in [3.05, 3.63) is 71.9 Å². The lowest BCUT2D eigenvalue weighted by atomic mass is 10.1. The van der Waals surface area contributed by atoms with Crippen LogP contribution < -0.4 is 10.1 Å². The number of fused-ring (bicyclic) bond motifs is 1. The number of benzene rings is 2. The molecule has 0 bridgehead atoms. The summed E-state index contributed by atoms with van der Waals surface area (Å²) >= 11 is 5.92. The molecular weight excluding hydrogens is 324 g/mol. The van der Waals surface area contributed by atoms with E-state index in [9.17, 15) is 4.79 Å². The maximum atomic E-state index is 11.4. The molecule has 5 heteroatoms. The molecule has 0 saturated heterocycles. The van der Waals surface area contributed by atoms with Gasteiger partial charge in [-0.05, 0) is 54.1 Å². The van der Waals surface area contributed by atoms with Crippen molar-refractivity contribution in [2.24, 2.45) is 7.05 Å². The number of carbonyl (C=O) groups is 1. The molecule has 0 spiro atoms. The van der Waals surface area contributed by atoms with Crippen molar-refractivity contribution >= 4 is 28.4 Å². The summed E-state index contributed by atoms with van der Waals surface area (Å²) in [5, 5.41) is 4.45. The van der Waals surface area contributed by atoms with Crippen LogP contribution in [0.5, 0.6) is 11.5 Å². The van der Waals surface area contributed by atoms with E-state index in [-0.39, 0.29) is 5.91 Å². The van der Waals surface area contributed by atoms with Crippen LogP contribution in [0.25, 0.3) is 10.9 Å². The lowest BCUT2D eigenvalue weighted by molar-refractivity contribution is -0.116. The molecule has 1 amide bonds. The topological polar surface area (TPSA) is 43.3 Å². The highest BCUT2D eigenvalue weighted by molar-refractivity contribution is 6.30. The van der Waals surface area contributed by atoms with Crippen molar-refractivity contribution in [1.29, 1.82) is 0 Å². The second kappa shape index (κ2) is 6.81. The van der Waals surface area contributed by atoms with Gasteiger partial charge in [-0.15, -0.1) is 0 Å². The molecule has 0 aliphatic rings. The molecule has 0 fully saturated rings. The van der Waals surface area contributed by atoms with Crippen LogP contribution in [0.1, 0.15) is 5.56 Å². The number of hydrogen-bond acceptors (Lipinski definition) is 2. The van der Waals surface area contributed by atoms with Gasteiger partial charge in [0.15, 0.2) is 0 Å². The fourth-order valence-electron chi connectivity index (χ4n) is 2.47. The van der Waals surface area contributed by atoms with E-state index >= 15 is 0 Å². The van der Waals surface area contributed by atoms with Crippen LogP contribution in [0.4, 0.5) is 0 Å². The Bertz CT molecular complexity index is 898. The summed E-state index contributed by atoms with van der Waals surface area (Å²) in [4.78, 5) is 11.4. The second-order valence-corrected chi connectivity index (χ2v) is 5.87. The zero-order chi connectivity index (χ0) is 17.1. The molecule has 1 aromatic heterocycles. The van der Waals surface area contributed by atoms with E-state index in [4.69, 9.17) is 16.3 Å². The van der Waals surface area contributed by atoms with E-state index in [0.29, 0.717) is 17.3 Å². The predicted molar refractivity (Wildman–Crippen MR) is 96.5 cm³/mol. The monoisotopic (exact) mass is 340 g/mol. The molecule has 4 nitrogen and oxygen atoms in total. The van der Waals surface area contributed by atoms with Gasteiger partial charge < -0.3 is 14.6 Å². The quantitative estimate of drug-likeness (QED) is 0.698. The van der Waals surface area contributed by atoms with Crippen molar-refractivity contribution in [3.8, 4) is 11.5 Å². The number of ether oxygens (including phenoxy) is 1. The minimum absolute atomic E-state index is 0.206. The van der Waals surface area contributed by atoms with Gasteiger partial charge in [0, 0.05) is 30.2 Å². The van der Waals surface area contributed by atoms with E-state index in [1.165, 1.54) is 6.08 Å². The molecule has 1 N–H and O–H groups in total. The van der Waals surface area contributed by atoms with Crippen LogP contribution in [-0.4, -0.2) is 10.5 Å². The van der Waals surface area contributed by atoms with Gasteiger partial charge in [0.05, 0.1) is 5.52 Å². The van der Waals surface area contributed by atoms with Crippen molar-refractivity contribution in [3.63, 3.8) is 0 Å². The molecule has 3 aromatic rings. The number of amides is 1. The molecule has 0 aliphatic heterocycles. The summed E-state index contributed by atoms with van der Waals surface area (Å²) in [6.45, 7) is 3.86. The normalized spacial score (nSPS) is 10.6. The van der Waals surface area contributed by atoms with Crippen LogP contribution in [0.2, 0.25) is 5.02 Å². The van der Waals surface area contributed by atoms with Crippen molar-refractivity contribution < 1.29 is 9.53 Å². The summed E-state index contributed by atoms with van der Waals surface area (Å²) in [7, 11) is 1.97. The minimum Gasteiger partial charge on any atom is -0.457 e. The Morgan fingerprint density at radius 1 is 1.29 bits per heavy atom. The number of nitrogens with one attached hydrogen (secondary N) is 1. The second-order valence-electron chi connectivity index (χ2n) is 5.43. The Kier molecular flexibility index (Phi) is 4.58. The third-order valence-corrected chi connectivity index (χ3v) is 3.97. The molecule has 0 radical (unpaired) electrons. The first-order chi connectivity index (χ1) is 11.6. The van der Waals surface area contributed by atoms with E-state index in [2.05, 4.69) is 11.9 Å². The van der Waals surface area contributed by atoms with Crippen molar-refractivity contribution in [2.75, 3.05) is 0 Å². The average molecular weight is 341 g/mol. The largest absolute Gasteiger partial charge is 0.457 e. The SMILES string of the molecule is C=CC(=O)NCc1cc(Oc2ccc(Cl)cc2)c2ccn(C)c2c1. The van der Waals surface area contributed by atoms with Crippen LogP contribution in [0, 0.1) is 0 Å². The zero-order valence-electron chi connectivity index (χ0n) is 13.3. The molecule has 3 rings (SSSR count). The number of rotatable bonds is 5. The fourth-order valence-corrected chi connectivity index (χ4v) is 2.60. The van der Waals surface area contributed by atoms with Crippen molar-refractivity contribution in [1.82, 2.24) is 9.88 Å². The van der Waals surface area contributed by atoms with E-state index in [1.807, 2.05) is 48.1 Å². The third-order valence-electron chi connectivity index (χ3n) is 3.72. The van der Waals surface area contributed by atoms with Crippen LogP contribution in [0.3, 0.4) is 0 Å². The Labute approximate surface area is 145 Å². The molecule has 0 atom stereocenters. The molecule has 1 heterocycles. The van der Waals surface area contributed by atoms with Gasteiger partial charge in [0.25, 0.3) is 0 Å². The number of carbonyl (C=O) groups excluding carboxylic acids is 1. The Morgan fingerprint density at radius 2 is 2.04 bits per heavy atom. The minimum atomic E-state index is -0.206. The van der Waals surface area contributed by atoms with Gasteiger partial charge in [0.1, 0.15) is 11.5 Å². The summed E-state index contributed by atoms with van der Waals surface area (Å²) in [6, 6.07) is 13.2. The lowest BCUT2D eigenvalue weighted by Crippen LogP contribution is -2.19. The smallest absolute Gasteiger partial charge is 0.243 e. The van der Waals surface area contributed by atoms with Gasteiger partial charge in [-0.3, -0.25) is 4.79 Å². The summed E-state index contributed by atoms with van der Waals surface area (Å²) in [5.41, 5.74) is 1.98. The van der Waals surface area contributed by atoms with E-state index < -0.39 is 0 Å². The standard InChI is InChI=1S/C19H17ClN2O2/c1-3-19(23)21-12-13-10-17-16(8-9-22(17)2)18(11-13)24-15-6-4-14(20)5-7-15/h3-11H,1,12H2,2H3,(H,21,23). The van der Waals surface area contributed by atoms with Gasteiger partial charge >= 0.3 is 0 Å². The van der Waals surface area contributed by atoms with Gasteiger partial charge in [0.2, 0.25) is 5.91 Å². The maximum Gasteiger partial charge on any atom is 0.243 e. The summed E-state index contributed by atoms with van der Waals surface area (Å²) in [6.07, 6.45) is 3.23. The first-order valence-electron chi connectivity index (χ1n) is 7.48. The molecular formula is C19H17ClN2O2. The van der Waals surface area contributed by atoms with Gasteiger partial charge in [-0.1, -0.05) is 18.2 Å². The molecule has 24 heavy (non-hydrogen) atoms. The third kappa shape index (κ3) is 3.44. The zero-order valence-corrected chi connectivity index (χ0v) is 14.0. The summed E-state index contributed by atoms with van der Waals surface area (Å²) < 4.78 is 8.05. The van der Waals surface area contributed by atoms with Crippen LogP contribution >= 0.6 is 11.6 Å². The molecule has 0 saturated carbocycles. The van der Waals surface area contributed by atoms with Gasteiger partial charge in [-0.2, -0.15) is 0 Å². The highest BCUT2D eigenvalue weighted by Gasteiger charge is 2.10. The number of hydrogen-bond donors (Lipinski definition) is 1. The Hall–Kier alpha value is -2.72. The van der Waals surface area contributed by atoms with E-state index in [0.717, 1.165) is 22.2 Å². The highest BCUT2D eigenvalue weighted by atomic mass is 35.5. The fraction of sp³-hybridized carbons (Fsp3) is 0.105. The Balaban J connectivity index is 1.96. The first-order valence-corrected chi connectivity index (χ1v) is 7.86. The maximum absolute atomic E-state index is 11.4. The molecule has 0 unspecified atom stereocenters. The molecule has 122 valence electrons. The summed E-state index contributed by atoms with van der Waals surface area (Å²) in [5.74, 6) is 1.23. The Morgan fingerprint density at radius 3 is 2.75 bits per heavy atom. The van der Waals surface area contributed by atoms with E-state index in [1.54, 1.807) is 12.1 Å². The molecule has 2 aromatic carbocycles. The van der Waals surface area contributed by atoms with Crippen molar-refractivity contribution in [2.45, 2.75) is 6.54 Å². The van der Waals surface area contributed by atoms with Crippen LogP contribution in [0.15, 0.2) is 61.3 Å². The number of nitrogens with zero attached hydrogens (tertiary/aromatic N) is 1. The lowest BCUT2D eigenvalue weighted by Gasteiger charge is -2.11. The van der Waals surface area contributed by atoms with Crippen LogP contribution in [-0.2, 0) is 18.4 Å². The highest BCUT2D eigenvalue weighted by Crippen LogP contribution is 2.32. The molecule has 0 aliphatic carbocycles. The number of halogens is 1. The first kappa shape index (κ1) is 16.1. The predicted octanol–water partition coefficient (Wildman–Crippen LogP) is 4.43. The number of aryl methyl sites for hydroxylation is 1. The average Bonchev–Trinajstić information content (AvgIpc) is 2.96.